The molecule has 1 fully saturated rings. The van der Waals surface area contributed by atoms with Crippen LogP contribution in [0.3, 0.4) is 0 Å². The Hall–Kier alpha value is -3.39. The van der Waals surface area contributed by atoms with Gasteiger partial charge in [0.1, 0.15) is 19.0 Å². The number of aliphatic hydroxyl groups is 1. The zero-order valence-corrected chi connectivity index (χ0v) is 19.0. The lowest BCUT2D eigenvalue weighted by molar-refractivity contribution is -0.140. The lowest BCUT2D eigenvalue weighted by atomic mass is 9.95. The minimum atomic E-state index is -0.688. The Bertz CT molecular complexity index is 1050. The summed E-state index contributed by atoms with van der Waals surface area (Å²) in [5.74, 6) is -0.430. The number of carbonyl (C=O) groups is 2. The topological polar surface area (TPSA) is 92.2 Å². The molecule has 0 saturated carbocycles. The van der Waals surface area contributed by atoms with Crippen LogP contribution in [-0.2, 0) is 9.59 Å². The van der Waals surface area contributed by atoms with Crippen LogP contribution in [0.4, 0.5) is 0 Å². The van der Waals surface area contributed by atoms with Crippen LogP contribution in [0.1, 0.15) is 37.4 Å². The molecule has 1 aromatic carbocycles. The number of pyridine rings is 1. The molecule has 2 aromatic rings. The number of fused-ring (bicyclic) bond motifs is 1. The number of aliphatic hydroxyl groups excluding tert-OH is 1. The second-order valence-electron chi connectivity index (χ2n) is 8.01. The van der Waals surface area contributed by atoms with Crippen LogP contribution in [-0.4, -0.2) is 71.0 Å². The number of amides is 1. The molecular formula is C25H29N3O5. The van der Waals surface area contributed by atoms with E-state index in [4.69, 9.17) is 9.47 Å². The molecular weight excluding hydrogens is 422 g/mol. The Morgan fingerprint density at radius 2 is 1.79 bits per heavy atom. The largest absolute Gasteiger partial charge is 0.507 e. The molecule has 8 heteroatoms. The summed E-state index contributed by atoms with van der Waals surface area (Å²) in [7, 11) is 0. The van der Waals surface area contributed by atoms with Crippen LogP contribution >= 0.6 is 0 Å². The van der Waals surface area contributed by atoms with Crippen molar-refractivity contribution >= 4 is 17.4 Å². The molecule has 1 atom stereocenters. The zero-order valence-electron chi connectivity index (χ0n) is 19.0. The quantitative estimate of drug-likeness (QED) is 0.375. The maximum atomic E-state index is 13.1. The average molecular weight is 452 g/mol. The first-order valence-electron chi connectivity index (χ1n) is 11.4. The van der Waals surface area contributed by atoms with E-state index in [1.165, 1.54) is 0 Å². The van der Waals surface area contributed by atoms with E-state index in [9.17, 15) is 14.7 Å². The van der Waals surface area contributed by atoms with Crippen molar-refractivity contribution in [2.24, 2.45) is 0 Å². The summed E-state index contributed by atoms with van der Waals surface area (Å²) < 4.78 is 11.2. The summed E-state index contributed by atoms with van der Waals surface area (Å²) in [6.45, 7) is 8.14. The highest BCUT2D eigenvalue weighted by molar-refractivity contribution is 6.46. The highest BCUT2D eigenvalue weighted by atomic mass is 16.6. The van der Waals surface area contributed by atoms with Gasteiger partial charge in [-0.25, -0.2) is 0 Å². The molecule has 3 heterocycles. The van der Waals surface area contributed by atoms with Crippen LogP contribution in [0.5, 0.6) is 11.5 Å². The van der Waals surface area contributed by atoms with E-state index in [0.29, 0.717) is 36.8 Å². The third kappa shape index (κ3) is 4.57. The van der Waals surface area contributed by atoms with Crippen molar-refractivity contribution in [1.29, 1.82) is 0 Å². The number of aromatic nitrogens is 1. The summed E-state index contributed by atoms with van der Waals surface area (Å²) in [5.41, 5.74) is 1.20. The van der Waals surface area contributed by atoms with Crippen molar-refractivity contribution in [3.05, 3.63) is 59.4 Å². The van der Waals surface area contributed by atoms with E-state index >= 15 is 0 Å². The zero-order chi connectivity index (χ0) is 23.4. The van der Waals surface area contributed by atoms with Gasteiger partial charge in [-0.1, -0.05) is 13.8 Å². The second kappa shape index (κ2) is 10.0. The van der Waals surface area contributed by atoms with Crippen molar-refractivity contribution < 1.29 is 24.2 Å². The molecule has 2 aliphatic rings. The van der Waals surface area contributed by atoms with Gasteiger partial charge >= 0.3 is 0 Å². The van der Waals surface area contributed by atoms with Gasteiger partial charge in [0.05, 0.1) is 11.6 Å². The van der Waals surface area contributed by atoms with Gasteiger partial charge in [0.25, 0.3) is 11.7 Å². The summed E-state index contributed by atoms with van der Waals surface area (Å²) in [6.07, 6.45) is 3.96. The van der Waals surface area contributed by atoms with Crippen molar-refractivity contribution in [3.63, 3.8) is 0 Å². The number of carbonyl (C=O) groups excluding carboxylic acids is 2. The summed E-state index contributed by atoms with van der Waals surface area (Å²) in [5, 5.41) is 11.2. The number of hydrogen-bond acceptors (Lipinski definition) is 7. The number of ketones is 1. The molecule has 1 N–H and O–H groups in total. The molecule has 174 valence electrons. The number of hydrogen-bond donors (Lipinski definition) is 1. The molecule has 0 aliphatic carbocycles. The minimum absolute atomic E-state index is 0.0747. The Labute approximate surface area is 193 Å². The van der Waals surface area contributed by atoms with Gasteiger partial charge in [-0.3, -0.25) is 14.6 Å². The molecule has 1 amide bonds. The van der Waals surface area contributed by atoms with Gasteiger partial charge in [0.2, 0.25) is 0 Å². The van der Waals surface area contributed by atoms with Crippen LogP contribution in [0.15, 0.2) is 48.3 Å². The number of rotatable bonds is 8. The number of likely N-dealkylation sites (tertiary alicyclic amines) is 1. The molecule has 0 radical (unpaired) electrons. The SMILES string of the molecule is CCN(CC)CCCN1C(=O)C(=O)C(=C(O)c2ccc3c(c2)OCCO3)[C@H]1c1ccncc1. The summed E-state index contributed by atoms with van der Waals surface area (Å²) in [6, 6.07) is 7.86. The monoisotopic (exact) mass is 451 g/mol. The van der Waals surface area contributed by atoms with Gasteiger partial charge < -0.3 is 24.4 Å². The van der Waals surface area contributed by atoms with Crippen molar-refractivity contribution in [2.45, 2.75) is 26.3 Å². The average Bonchev–Trinajstić information content (AvgIpc) is 3.11. The lowest BCUT2D eigenvalue weighted by Gasteiger charge is -2.26. The Morgan fingerprint density at radius 3 is 2.48 bits per heavy atom. The third-order valence-corrected chi connectivity index (χ3v) is 6.15. The molecule has 0 spiro atoms. The van der Waals surface area contributed by atoms with E-state index in [1.54, 1.807) is 47.6 Å². The molecule has 8 nitrogen and oxygen atoms in total. The molecule has 1 saturated heterocycles. The second-order valence-corrected chi connectivity index (χ2v) is 8.01. The first-order chi connectivity index (χ1) is 16.0. The smallest absolute Gasteiger partial charge is 0.295 e. The van der Waals surface area contributed by atoms with Crippen LogP contribution in [0.25, 0.3) is 5.76 Å². The van der Waals surface area contributed by atoms with Crippen molar-refractivity contribution in [2.75, 3.05) is 39.4 Å². The fraction of sp³-hybridized carbons (Fsp3) is 0.400. The predicted octanol–water partition coefficient (Wildman–Crippen LogP) is 3.01. The van der Waals surface area contributed by atoms with Gasteiger partial charge in [-0.2, -0.15) is 0 Å². The van der Waals surface area contributed by atoms with Crippen LogP contribution in [0.2, 0.25) is 0 Å². The molecule has 0 unspecified atom stereocenters. The predicted molar refractivity (Wildman–Crippen MR) is 123 cm³/mol. The minimum Gasteiger partial charge on any atom is -0.507 e. The summed E-state index contributed by atoms with van der Waals surface area (Å²) >= 11 is 0. The standard InChI is InChI=1S/C25H29N3O5/c1-3-27(4-2)12-5-13-28-22(17-8-10-26-11-9-17)21(24(30)25(28)31)23(29)18-6-7-19-20(16-18)33-15-14-32-19/h6-11,16,22,29H,3-5,12-15H2,1-2H3/t22-/m1/s1. The summed E-state index contributed by atoms with van der Waals surface area (Å²) in [4.78, 5) is 34.1. The van der Waals surface area contributed by atoms with Crippen LogP contribution < -0.4 is 9.47 Å². The van der Waals surface area contributed by atoms with Gasteiger partial charge in [-0.15, -0.1) is 0 Å². The van der Waals surface area contributed by atoms with Crippen LogP contribution in [0, 0.1) is 0 Å². The Balaban J connectivity index is 1.71. The maximum Gasteiger partial charge on any atom is 0.295 e. The van der Waals surface area contributed by atoms with Gasteiger partial charge in [-0.05, 0) is 62.0 Å². The first kappa shape index (κ1) is 22.8. The van der Waals surface area contributed by atoms with E-state index in [2.05, 4.69) is 23.7 Å². The van der Waals surface area contributed by atoms with E-state index in [-0.39, 0.29) is 11.3 Å². The molecule has 33 heavy (non-hydrogen) atoms. The number of Topliss-reactive ketones (excluding diaryl/α,β-unsaturated/α-hetero) is 1. The highest BCUT2D eigenvalue weighted by Gasteiger charge is 2.45. The fourth-order valence-corrected chi connectivity index (χ4v) is 4.35. The van der Waals surface area contributed by atoms with Gasteiger partial charge in [0, 0.05) is 24.5 Å². The van der Waals surface area contributed by atoms with Crippen molar-refractivity contribution in [3.8, 4) is 11.5 Å². The highest BCUT2D eigenvalue weighted by Crippen LogP contribution is 2.41. The van der Waals surface area contributed by atoms with E-state index < -0.39 is 17.7 Å². The number of nitrogens with zero attached hydrogens (tertiary/aromatic N) is 3. The van der Waals surface area contributed by atoms with Crippen molar-refractivity contribution in [1.82, 2.24) is 14.8 Å². The Morgan fingerprint density at radius 1 is 1.09 bits per heavy atom. The molecule has 1 aromatic heterocycles. The van der Waals surface area contributed by atoms with E-state index in [0.717, 1.165) is 31.6 Å². The molecule has 4 rings (SSSR count). The maximum absolute atomic E-state index is 13.1. The fourth-order valence-electron chi connectivity index (χ4n) is 4.35. The normalized spacial score (nSPS) is 19.4. The van der Waals surface area contributed by atoms with Gasteiger partial charge in [0.15, 0.2) is 11.5 Å². The lowest BCUT2D eigenvalue weighted by Crippen LogP contribution is -2.33. The molecule has 2 aliphatic heterocycles. The number of benzene rings is 1. The molecule has 0 bridgehead atoms. The third-order valence-electron chi connectivity index (χ3n) is 6.15. The Kier molecular flexibility index (Phi) is 6.93. The number of ether oxygens (including phenoxy) is 2. The first-order valence-corrected chi connectivity index (χ1v) is 11.4. The van der Waals surface area contributed by atoms with E-state index in [1.807, 2.05) is 0 Å².